The molecule has 0 saturated heterocycles. The highest BCUT2D eigenvalue weighted by atomic mass is 16.1. The Labute approximate surface area is 43.3 Å². The molecule has 0 unspecified atom stereocenters. The Hall–Kier alpha value is -0.810. The van der Waals surface area contributed by atoms with Gasteiger partial charge in [-0.3, -0.25) is 4.79 Å². The Morgan fingerprint density at radius 2 is 2.43 bits per heavy atom. The average molecular weight is 95.1 g/mol. The summed E-state index contributed by atoms with van der Waals surface area (Å²) in [5, 5.41) is 0. The van der Waals surface area contributed by atoms with E-state index in [2.05, 4.69) is 5.73 Å². The van der Waals surface area contributed by atoms with Gasteiger partial charge in [-0.15, -0.1) is 5.73 Å². The zero-order valence-electron chi connectivity index (χ0n) is 4.27. The van der Waals surface area contributed by atoms with Crippen molar-refractivity contribution in [2.24, 2.45) is 0 Å². The van der Waals surface area contributed by atoms with Crippen molar-refractivity contribution in [1.82, 2.24) is 0 Å². The Balaban J connectivity index is 3.27. The fourth-order valence-electron chi connectivity index (χ4n) is 0.218. The Morgan fingerprint density at radius 1 is 1.71 bits per heavy atom. The van der Waals surface area contributed by atoms with Crippen LogP contribution in [-0.2, 0) is 4.79 Å². The van der Waals surface area contributed by atoms with Gasteiger partial charge in [0.25, 0.3) is 0 Å². The highest BCUT2D eigenvalue weighted by molar-refractivity contribution is 5.52. The lowest BCUT2D eigenvalue weighted by molar-refractivity contribution is 0.556. The van der Waals surface area contributed by atoms with Gasteiger partial charge in [0.15, 0.2) is 0 Å². The molecule has 0 N–H and O–H groups in total. The van der Waals surface area contributed by atoms with Crippen LogP contribution in [0.1, 0.15) is 13.3 Å². The quantitative estimate of drug-likeness (QED) is 0.471. The van der Waals surface area contributed by atoms with Crippen molar-refractivity contribution < 1.29 is 4.79 Å². The molecule has 0 aromatic heterocycles. The van der Waals surface area contributed by atoms with Crippen LogP contribution in [0.25, 0.3) is 0 Å². The van der Waals surface area contributed by atoms with Crippen LogP contribution in [0.15, 0.2) is 17.9 Å². The lowest BCUT2D eigenvalue weighted by Gasteiger charge is -1.61. The first kappa shape index (κ1) is 6.19. The highest BCUT2D eigenvalue weighted by Gasteiger charge is 1.65. The smallest absolute Gasteiger partial charge is 0.203 e. The standard InChI is InChI=1S/C6H7O/c1-2-3-4-5-6-7/h2,4H,5H2,1H3. The minimum atomic E-state index is 0.352. The molecular formula is C6H7O. The van der Waals surface area contributed by atoms with E-state index >= 15 is 0 Å². The van der Waals surface area contributed by atoms with E-state index in [1.54, 1.807) is 18.4 Å². The van der Waals surface area contributed by atoms with Crippen molar-refractivity contribution in [2.75, 3.05) is 0 Å². The van der Waals surface area contributed by atoms with E-state index < -0.39 is 0 Å². The van der Waals surface area contributed by atoms with E-state index in [-0.39, 0.29) is 0 Å². The van der Waals surface area contributed by atoms with Gasteiger partial charge in [0, 0.05) is 6.42 Å². The molecule has 7 heavy (non-hydrogen) atoms. The second-order valence-corrected chi connectivity index (χ2v) is 1.01. The molecule has 0 amide bonds. The van der Waals surface area contributed by atoms with E-state index in [1.165, 1.54) is 0 Å². The molecule has 0 aliphatic rings. The fourth-order valence-corrected chi connectivity index (χ4v) is 0.218. The van der Waals surface area contributed by atoms with E-state index in [4.69, 9.17) is 0 Å². The highest BCUT2D eigenvalue weighted by Crippen LogP contribution is 1.70. The van der Waals surface area contributed by atoms with Crippen LogP contribution in [0, 0.1) is 0 Å². The Morgan fingerprint density at radius 3 is 2.86 bits per heavy atom. The minimum Gasteiger partial charge on any atom is -0.291 e. The lowest BCUT2D eigenvalue weighted by Crippen LogP contribution is -1.60. The van der Waals surface area contributed by atoms with Crippen LogP contribution in [0.2, 0.25) is 0 Å². The Bertz CT molecular complexity index is 96.7. The van der Waals surface area contributed by atoms with E-state index in [0.29, 0.717) is 6.42 Å². The van der Waals surface area contributed by atoms with Crippen molar-refractivity contribution in [3.05, 3.63) is 17.9 Å². The van der Waals surface area contributed by atoms with Gasteiger partial charge in [-0.05, 0) is 19.1 Å². The van der Waals surface area contributed by atoms with Crippen LogP contribution in [0.3, 0.4) is 0 Å². The first-order chi connectivity index (χ1) is 3.41. The summed E-state index contributed by atoms with van der Waals surface area (Å²) in [5.74, 6) is 0. The van der Waals surface area contributed by atoms with Crippen LogP contribution >= 0.6 is 0 Å². The van der Waals surface area contributed by atoms with Gasteiger partial charge in [0.1, 0.15) is 0 Å². The topological polar surface area (TPSA) is 17.1 Å². The second-order valence-electron chi connectivity index (χ2n) is 1.01. The van der Waals surface area contributed by atoms with E-state index in [0.717, 1.165) is 0 Å². The minimum absolute atomic E-state index is 0.352. The molecule has 0 aromatic carbocycles. The molecule has 0 heterocycles. The van der Waals surface area contributed by atoms with Crippen molar-refractivity contribution in [3.63, 3.8) is 0 Å². The summed E-state index contributed by atoms with van der Waals surface area (Å²) < 4.78 is 0. The molecule has 0 aliphatic heterocycles. The third kappa shape index (κ3) is 5.19. The maximum atomic E-state index is 9.47. The summed E-state index contributed by atoms with van der Waals surface area (Å²) >= 11 is 0. The number of hydrogen-bond acceptors (Lipinski definition) is 1. The predicted molar refractivity (Wildman–Crippen MR) is 28.6 cm³/mol. The predicted octanol–water partition coefficient (Wildman–Crippen LogP) is 1.22. The van der Waals surface area contributed by atoms with E-state index in [1.807, 2.05) is 6.92 Å². The van der Waals surface area contributed by atoms with E-state index in [9.17, 15) is 4.79 Å². The first-order valence-electron chi connectivity index (χ1n) is 2.12. The molecule has 1 radical (unpaired) electrons. The van der Waals surface area contributed by atoms with Crippen LogP contribution in [0.5, 0.6) is 0 Å². The summed E-state index contributed by atoms with van der Waals surface area (Å²) in [5.41, 5.74) is 2.74. The maximum Gasteiger partial charge on any atom is 0.203 e. The normalized spacial score (nSPS) is 6.43. The van der Waals surface area contributed by atoms with Gasteiger partial charge in [0.05, 0.1) is 0 Å². The van der Waals surface area contributed by atoms with Crippen LogP contribution in [0.4, 0.5) is 0 Å². The lowest BCUT2D eigenvalue weighted by atomic mass is 10.4. The van der Waals surface area contributed by atoms with Gasteiger partial charge in [-0.25, -0.2) is 0 Å². The largest absolute Gasteiger partial charge is 0.291 e. The second kappa shape index (κ2) is 5.19. The average Bonchev–Trinajstić information content (AvgIpc) is 1.69. The summed E-state index contributed by atoms with van der Waals surface area (Å²) in [7, 11) is 0. The molecule has 0 spiro atoms. The van der Waals surface area contributed by atoms with Crippen molar-refractivity contribution in [3.8, 4) is 0 Å². The van der Waals surface area contributed by atoms with Gasteiger partial charge < -0.3 is 0 Å². The van der Waals surface area contributed by atoms with Gasteiger partial charge in [-0.1, -0.05) is 0 Å². The maximum absolute atomic E-state index is 9.47. The SMILES string of the molecule is CC=C=CC[C]=O. The number of allylic oxidation sites excluding steroid dienone is 1. The van der Waals surface area contributed by atoms with Crippen molar-refractivity contribution in [2.45, 2.75) is 13.3 Å². The molecule has 37 valence electrons. The molecule has 0 aromatic rings. The molecule has 0 aliphatic carbocycles. The fraction of sp³-hybridized carbons (Fsp3) is 0.333. The monoisotopic (exact) mass is 95.0 g/mol. The van der Waals surface area contributed by atoms with Crippen LogP contribution < -0.4 is 0 Å². The molecule has 0 saturated carbocycles. The molecule has 0 rings (SSSR count). The van der Waals surface area contributed by atoms with Crippen LogP contribution in [-0.4, -0.2) is 6.29 Å². The summed E-state index contributed by atoms with van der Waals surface area (Å²) in [6, 6.07) is 0. The number of carbonyl (C=O) groups excluding carboxylic acids is 1. The molecule has 0 atom stereocenters. The molecule has 0 bridgehead atoms. The van der Waals surface area contributed by atoms with Gasteiger partial charge >= 0.3 is 0 Å². The molecule has 1 heteroatoms. The van der Waals surface area contributed by atoms with Gasteiger partial charge in [-0.2, -0.15) is 0 Å². The summed E-state index contributed by atoms with van der Waals surface area (Å²) in [6.45, 7) is 1.85. The Kier molecular flexibility index (Phi) is 4.59. The summed E-state index contributed by atoms with van der Waals surface area (Å²) in [4.78, 5) is 9.47. The number of rotatable bonds is 2. The zero-order valence-corrected chi connectivity index (χ0v) is 4.27. The third-order valence-corrected chi connectivity index (χ3v) is 0.470. The molecular weight excluding hydrogens is 88.1 g/mol. The van der Waals surface area contributed by atoms with Crippen molar-refractivity contribution >= 4 is 6.29 Å². The summed E-state index contributed by atoms with van der Waals surface area (Å²) in [6.07, 6.45) is 5.45. The first-order valence-corrected chi connectivity index (χ1v) is 2.12. The number of hydrogen-bond donors (Lipinski definition) is 0. The zero-order chi connectivity index (χ0) is 5.54. The van der Waals surface area contributed by atoms with Crippen molar-refractivity contribution in [1.29, 1.82) is 0 Å². The third-order valence-electron chi connectivity index (χ3n) is 0.470. The molecule has 0 fully saturated rings. The van der Waals surface area contributed by atoms with Gasteiger partial charge in [0.2, 0.25) is 6.29 Å². The molecule has 1 nitrogen and oxygen atoms in total.